The highest BCUT2D eigenvalue weighted by Crippen LogP contribution is 2.33. The number of rotatable bonds is 3. The first kappa shape index (κ1) is 17.5. The summed E-state index contributed by atoms with van der Waals surface area (Å²) in [6.45, 7) is 7.08. The molecule has 27 heavy (non-hydrogen) atoms. The first-order valence-electron chi connectivity index (χ1n) is 9.25. The van der Waals surface area contributed by atoms with Crippen molar-refractivity contribution in [3.05, 3.63) is 76.7 Å². The number of fused-ring (bicyclic) bond motifs is 1. The molecule has 3 aromatic rings. The van der Waals surface area contributed by atoms with Crippen LogP contribution in [0.5, 0.6) is 0 Å². The lowest BCUT2D eigenvalue weighted by Gasteiger charge is -2.35. The number of hydrogen-bond acceptors (Lipinski definition) is 4. The Morgan fingerprint density at radius 3 is 2.56 bits per heavy atom. The van der Waals surface area contributed by atoms with E-state index in [-0.39, 0.29) is 11.9 Å². The van der Waals surface area contributed by atoms with Crippen LogP contribution in [-0.4, -0.2) is 16.5 Å². The van der Waals surface area contributed by atoms with Crippen LogP contribution in [0.3, 0.4) is 0 Å². The molecule has 0 fully saturated rings. The lowest BCUT2D eigenvalue weighted by Crippen LogP contribution is -2.35. The van der Waals surface area contributed by atoms with E-state index in [1.165, 1.54) is 23.3 Å². The van der Waals surface area contributed by atoms with Gasteiger partial charge < -0.3 is 10.2 Å². The van der Waals surface area contributed by atoms with Crippen molar-refractivity contribution in [1.82, 2.24) is 9.97 Å². The molecule has 138 valence electrons. The fourth-order valence-corrected chi connectivity index (χ4v) is 3.58. The maximum absolute atomic E-state index is 13.2. The van der Waals surface area contributed by atoms with Gasteiger partial charge in [0.25, 0.3) is 0 Å². The maximum Gasteiger partial charge on any atom is 0.228 e. The second-order valence-corrected chi connectivity index (χ2v) is 7.03. The van der Waals surface area contributed by atoms with Gasteiger partial charge in [-0.2, -0.15) is 4.98 Å². The zero-order valence-corrected chi connectivity index (χ0v) is 15.8. The van der Waals surface area contributed by atoms with Gasteiger partial charge in [0.1, 0.15) is 11.6 Å². The predicted octanol–water partition coefficient (Wildman–Crippen LogP) is 5.10. The van der Waals surface area contributed by atoms with Crippen LogP contribution in [0.4, 0.5) is 21.8 Å². The van der Waals surface area contributed by atoms with Crippen molar-refractivity contribution in [2.45, 2.75) is 33.2 Å². The summed E-state index contributed by atoms with van der Waals surface area (Å²) in [5.41, 5.74) is 5.47. The van der Waals surface area contributed by atoms with Crippen molar-refractivity contribution in [2.24, 2.45) is 0 Å². The van der Waals surface area contributed by atoms with E-state index in [4.69, 9.17) is 9.97 Å². The van der Waals surface area contributed by atoms with Gasteiger partial charge >= 0.3 is 0 Å². The van der Waals surface area contributed by atoms with E-state index in [9.17, 15) is 4.39 Å². The van der Waals surface area contributed by atoms with Gasteiger partial charge in [-0.3, -0.25) is 0 Å². The molecule has 4 nitrogen and oxygen atoms in total. The van der Waals surface area contributed by atoms with Gasteiger partial charge in [-0.15, -0.1) is 0 Å². The van der Waals surface area contributed by atoms with Crippen molar-refractivity contribution >= 4 is 17.5 Å². The van der Waals surface area contributed by atoms with E-state index in [0.29, 0.717) is 0 Å². The first-order chi connectivity index (χ1) is 13.0. The predicted molar refractivity (Wildman–Crippen MR) is 107 cm³/mol. The number of aryl methyl sites for hydroxylation is 1. The van der Waals surface area contributed by atoms with Gasteiger partial charge in [-0.05, 0) is 62.6 Å². The average Bonchev–Trinajstić information content (AvgIpc) is 2.67. The molecule has 5 heteroatoms. The number of hydrogen-bond donors (Lipinski definition) is 1. The number of aromatic nitrogens is 2. The highest BCUT2D eigenvalue weighted by atomic mass is 19.1. The Balaban J connectivity index is 1.68. The highest BCUT2D eigenvalue weighted by Gasteiger charge is 2.26. The zero-order valence-electron chi connectivity index (χ0n) is 15.8. The van der Waals surface area contributed by atoms with Gasteiger partial charge in [0, 0.05) is 23.5 Å². The van der Waals surface area contributed by atoms with Crippen LogP contribution in [0.2, 0.25) is 0 Å². The lowest BCUT2D eigenvalue weighted by molar-refractivity contribution is 0.607. The minimum absolute atomic E-state index is 0.218. The van der Waals surface area contributed by atoms with Crippen LogP contribution in [0.1, 0.15) is 35.3 Å². The second kappa shape index (κ2) is 6.99. The minimum Gasteiger partial charge on any atom is -0.340 e. The molecule has 0 radical (unpaired) electrons. The van der Waals surface area contributed by atoms with Gasteiger partial charge in [-0.1, -0.05) is 24.3 Å². The summed E-state index contributed by atoms with van der Waals surface area (Å²) in [5.74, 6) is 1.23. The summed E-state index contributed by atoms with van der Waals surface area (Å²) in [7, 11) is 0. The Labute approximate surface area is 159 Å². The molecule has 1 N–H and O–H groups in total. The Bertz CT molecular complexity index is 969. The van der Waals surface area contributed by atoms with E-state index in [0.717, 1.165) is 41.7 Å². The minimum atomic E-state index is -0.252. The summed E-state index contributed by atoms with van der Waals surface area (Å²) in [6.07, 6.45) is 0.984. The Morgan fingerprint density at radius 2 is 1.78 bits per heavy atom. The molecule has 1 aliphatic rings. The molecule has 0 spiro atoms. The van der Waals surface area contributed by atoms with Crippen molar-refractivity contribution in [1.29, 1.82) is 0 Å². The fourth-order valence-electron chi connectivity index (χ4n) is 3.58. The van der Waals surface area contributed by atoms with E-state index in [1.807, 2.05) is 13.8 Å². The molecule has 2 heterocycles. The van der Waals surface area contributed by atoms with Crippen molar-refractivity contribution in [2.75, 3.05) is 16.8 Å². The number of anilines is 3. The SMILES string of the molecule is Cc1nc(N2CCc3ccccc3C2C)nc(Nc2ccc(F)cc2)c1C. The molecular formula is C22H23FN4. The van der Waals surface area contributed by atoms with E-state index < -0.39 is 0 Å². The van der Waals surface area contributed by atoms with Gasteiger partial charge in [-0.25, -0.2) is 9.37 Å². The van der Waals surface area contributed by atoms with Gasteiger partial charge in [0.2, 0.25) is 5.95 Å². The standard InChI is InChI=1S/C22H23FN4/c1-14-15(2)24-22(26-21(14)25-19-10-8-18(23)9-11-19)27-13-12-17-6-4-5-7-20(17)16(27)3/h4-11,16H,12-13H2,1-3H3,(H,24,25,26). The number of nitrogens with zero attached hydrogens (tertiary/aromatic N) is 3. The summed E-state index contributed by atoms with van der Waals surface area (Å²) in [5, 5.41) is 3.31. The summed E-state index contributed by atoms with van der Waals surface area (Å²) in [4.78, 5) is 11.8. The highest BCUT2D eigenvalue weighted by molar-refractivity contribution is 5.61. The second-order valence-electron chi connectivity index (χ2n) is 7.03. The normalized spacial score (nSPS) is 16.1. The molecule has 0 saturated heterocycles. The number of benzene rings is 2. The molecule has 0 aliphatic carbocycles. The smallest absolute Gasteiger partial charge is 0.228 e. The van der Waals surface area contributed by atoms with Gasteiger partial charge in [0.05, 0.1) is 6.04 Å². The lowest BCUT2D eigenvalue weighted by atomic mass is 9.94. The number of nitrogens with one attached hydrogen (secondary N) is 1. The van der Waals surface area contributed by atoms with Crippen molar-refractivity contribution in [3.63, 3.8) is 0 Å². The Kier molecular flexibility index (Phi) is 4.52. The molecule has 1 atom stereocenters. The van der Waals surface area contributed by atoms with Crippen LogP contribution in [0, 0.1) is 19.7 Å². The monoisotopic (exact) mass is 362 g/mol. The zero-order chi connectivity index (χ0) is 19.0. The summed E-state index contributed by atoms with van der Waals surface area (Å²) >= 11 is 0. The summed E-state index contributed by atoms with van der Waals surface area (Å²) in [6, 6.07) is 15.1. The molecule has 1 aliphatic heterocycles. The van der Waals surface area contributed by atoms with Crippen LogP contribution in [0.25, 0.3) is 0 Å². The van der Waals surface area contributed by atoms with Gasteiger partial charge in [0.15, 0.2) is 0 Å². The van der Waals surface area contributed by atoms with Crippen LogP contribution >= 0.6 is 0 Å². The fraction of sp³-hybridized carbons (Fsp3) is 0.273. The molecule has 0 amide bonds. The molecule has 2 aromatic carbocycles. The third kappa shape index (κ3) is 3.37. The van der Waals surface area contributed by atoms with Crippen molar-refractivity contribution in [3.8, 4) is 0 Å². The molecule has 1 unspecified atom stereocenters. The molecular weight excluding hydrogens is 339 g/mol. The van der Waals surface area contributed by atoms with E-state index >= 15 is 0 Å². The van der Waals surface area contributed by atoms with E-state index in [2.05, 4.69) is 41.4 Å². The van der Waals surface area contributed by atoms with Crippen LogP contribution < -0.4 is 10.2 Å². The first-order valence-corrected chi connectivity index (χ1v) is 9.25. The molecule has 0 bridgehead atoms. The molecule has 1 aromatic heterocycles. The van der Waals surface area contributed by atoms with E-state index in [1.54, 1.807) is 12.1 Å². The molecule has 0 saturated carbocycles. The maximum atomic E-state index is 13.2. The molecule has 4 rings (SSSR count). The third-order valence-corrected chi connectivity index (χ3v) is 5.34. The van der Waals surface area contributed by atoms with Crippen molar-refractivity contribution < 1.29 is 4.39 Å². The Hall–Kier alpha value is -2.95. The largest absolute Gasteiger partial charge is 0.340 e. The summed E-state index contributed by atoms with van der Waals surface area (Å²) < 4.78 is 13.2. The Morgan fingerprint density at radius 1 is 1.04 bits per heavy atom. The number of halogens is 1. The van der Waals surface area contributed by atoms with Crippen LogP contribution in [0.15, 0.2) is 48.5 Å². The quantitative estimate of drug-likeness (QED) is 0.704. The topological polar surface area (TPSA) is 41.1 Å². The van der Waals surface area contributed by atoms with Crippen LogP contribution in [-0.2, 0) is 6.42 Å². The average molecular weight is 362 g/mol. The third-order valence-electron chi connectivity index (χ3n) is 5.34.